The quantitative estimate of drug-likeness (QED) is 0.895. The molecular formula is C16H26N2O2. The van der Waals surface area contributed by atoms with E-state index >= 15 is 0 Å². The van der Waals surface area contributed by atoms with E-state index in [1.807, 2.05) is 12.1 Å². The van der Waals surface area contributed by atoms with Gasteiger partial charge in [-0.25, -0.2) is 0 Å². The summed E-state index contributed by atoms with van der Waals surface area (Å²) in [5, 5.41) is 10.1. The van der Waals surface area contributed by atoms with Gasteiger partial charge in [0.05, 0.1) is 13.2 Å². The third-order valence-corrected chi connectivity index (χ3v) is 4.11. The van der Waals surface area contributed by atoms with Gasteiger partial charge in [-0.15, -0.1) is 0 Å². The molecule has 0 aromatic heterocycles. The Morgan fingerprint density at radius 1 is 1.50 bits per heavy atom. The van der Waals surface area contributed by atoms with Gasteiger partial charge in [0.15, 0.2) is 0 Å². The van der Waals surface area contributed by atoms with Crippen molar-refractivity contribution in [1.82, 2.24) is 4.90 Å². The molecule has 0 radical (unpaired) electrons. The second-order valence-corrected chi connectivity index (χ2v) is 5.87. The average molecular weight is 278 g/mol. The predicted molar refractivity (Wildman–Crippen MR) is 82.5 cm³/mol. The summed E-state index contributed by atoms with van der Waals surface area (Å²) in [5.74, 6) is 1.45. The van der Waals surface area contributed by atoms with E-state index in [9.17, 15) is 5.11 Å². The fraction of sp³-hybridized carbons (Fsp3) is 0.625. The number of likely N-dealkylation sites (tertiary alicyclic amines) is 1. The smallest absolute Gasteiger partial charge is 0.126 e. The molecule has 1 fully saturated rings. The van der Waals surface area contributed by atoms with Gasteiger partial charge in [0.2, 0.25) is 0 Å². The molecule has 1 aliphatic heterocycles. The third-order valence-electron chi connectivity index (χ3n) is 4.11. The minimum atomic E-state index is -0.533. The number of hydrogen-bond acceptors (Lipinski definition) is 4. The maximum absolute atomic E-state index is 10.1. The van der Waals surface area contributed by atoms with Crippen LogP contribution in [-0.2, 0) is 0 Å². The van der Waals surface area contributed by atoms with Gasteiger partial charge >= 0.3 is 0 Å². The Bertz CT molecular complexity index is 448. The van der Waals surface area contributed by atoms with E-state index in [1.54, 1.807) is 14.0 Å². The number of aliphatic hydroxyl groups excluding tert-OH is 1. The molecule has 4 nitrogen and oxygen atoms in total. The van der Waals surface area contributed by atoms with Gasteiger partial charge in [-0.1, -0.05) is 6.07 Å². The normalized spacial score (nSPS) is 20.9. The van der Waals surface area contributed by atoms with Crippen LogP contribution in [0.4, 0.5) is 5.69 Å². The maximum atomic E-state index is 10.1. The highest BCUT2D eigenvalue weighted by atomic mass is 16.5. The van der Waals surface area contributed by atoms with Gasteiger partial charge in [0, 0.05) is 31.4 Å². The highest BCUT2D eigenvalue weighted by Gasteiger charge is 2.23. The summed E-state index contributed by atoms with van der Waals surface area (Å²) in [6.07, 6.45) is 0.712. The van der Waals surface area contributed by atoms with Crippen LogP contribution >= 0.6 is 0 Å². The Morgan fingerprint density at radius 2 is 2.25 bits per heavy atom. The first-order valence-corrected chi connectivity index (χ1v) is 7.27. The molecule has 2 rings (SSSR count). The van der Waals surface area contributed by atoms with Crippen LogP contribution in [0.15, 0.2) is 18.2 Å². The van der Waals surface area contributed by atoms with Crippen LogP contribution in [0, 0.1) is 5.92 Å². The molecule has 0 saturated carbocycles. The molecule has 0 bridgehead atoms. The summed E-state index contributed by atoms with van der Waals surface area (Å²) in [6, 6.07) is 5.95. The zero-order chi connectivity index (χ0) is 14.7. The Hall–Kier alpha value is -1.26. The number of ether oxygens (including phenoxy) is 1. The lowest BCUT2D eigenvalue weighted by molar-refractivity contribution is 0.194. The van der Waals surface area contributed by atoms with Crippen LogP contribution in [0.1, 0.15) is 25.0 Å². The number of hydrogen-bond donors (Lipinski definition) is 1. The molecule has 2 atom stereocenters. The molecule has 1 N–H and O–H groups in total. The summed E-state index contributed by atoms with van der Waals surface area (Å²) in [4.78, 5) is 4.62. The second kappa shape index (κ2) is 6.46. The van der Waals surface area contributed by atoms with Crippen LogP contribution in [0.3, 0.4) is 0 Å². The third kappa shape index (κ3) is 3.25. The number of rotatable bonds is 5. The molecule has 20 heavy (non-hydrogen) atoms. The highest BCUT2D eigenvalue weighted by Crippen LogP contribution is 2.34. The van der Waals surface area contributed by atoms with Crippen LogP contribution in [-0.4, -0.2) is 50.8 Å². The first kappa shape index (κ1) is 15.1. The molecule has 1 saturated heterocycles. The van der Waals surface area contributed by atoms with Crippen molar-refractivity contribution < 1.29 is 9.84 Å². The van der Waals surface area contributed by atoms with Crippen LogP contribution in [0.25, 0.3) is 0 Å². The molecule has 4 heteroatoms. The van der Waals surface area contributed by atoms with Gasteiger partial charge in [-0.05, 0) is 45.0 Å². The van der Waals surface area contributed by atoms with E-state index in [2.05, 4.69) is 30.0 Å². The molecule has 0 amide bonds. The summed E-state index contributed by atoms with van der Waals surface area (Å²) in [6.45, 7) is 5.13. The molecule has 1 aromatic rings. The highest BCUT2D eigenvalue weighted by molar-refractivity contribution is 5.60. The molecule has 1 unspecified atom stereocenters. The molecule has 1 heterocycles. The molecule has 0 aliphatic carbocycles. The molecule has 1 aromatic carbocycles. The average Bonchev–Trinajstić information content (AvgIpc) is 2.82. The first-order chi connectivity index (χ1) is 9.52. The van der Waals surface area contributed by atoms with Crippen molar-refractivity contribution in [2.45, 2.75) is 19.4 Å². The van der Waals surface area contributed by atoms with E-state index in [4.69, 9.17) is 4.74 Å². The van der Waals surface area contributed by atoms with Gasteiger partial charge in [-0.2, -0.15) is 0 Å². The minimum Gasteiger partial charge on any atom is -0.496 e. The van der Waals surface area contributed by atoms with Gasteiger partial charge in [-0.3, -0.25) is 0 Å². The zero-order valence-corrected chi connectivity index (χ0v) is 13.0. The number of benzene rings is 1. The van der Waals surface area contributed by atoms with Gasteiger partial charge in [0.25, 0.3) is 0 Å². The maximum Gasteiger partial charge on any atom is 0.126 e. The Balaban J connectivity index is 2.18. The Kier molecular flexibility index (Phi) is 4.89. The topological polar surface area (TPSA) is 35.9 Å². The molecular weight excluding hydrogens is 252 g/mol. The lowest BCUT2D eigenvalue weighted by Gasteiger charge is -2.27. The first-order valence-electron chi connectivity index (χ1n) is 7.27. The monoisotopic (exact) mass is 278 g/mol. The van der Waals surface area contributed by atoms with E-state index < -0.39 is 6.10 Å². The van der Waals surface area contributed by atoms with Gasteiger partial charge < -0.3 is 19.6 Å². The predicted octanol–water partition coefficient (Wildman–Crippen LogP) is 2.14. The van der Waals surface area contributed by atoms with E-state index in [0.29, 0.717) is 5.92 Å². The SMILES string of the molecule is COc1cccc(N(C)CC2CCN(C)C2)c1[C@H](C)O. The van der Waals surface area contributed by atoms with Crippen molar-refractivity contribution >= 4 is 5.69 Å². The summed E-state index contributed by atoms with van der Waals surface area (Å²) >= 11 is 0. The fourth-order valence-corrected chi connectivity index (χ4v) is 3.12. The second-order valence-electron chi connectivity index (χ2n) is 5.87. The standard InChI is InChI=1S/C16H26N2O2/c1-12(19)16-14(6-5-7-15(16)20-4)18(3)11-13-8-9-17(2)10-13/h5-7,12-13,19H,8-11H2,1-4H3/t12-,13?/m0/s1. The number of anilines is 1. The van der Waals surface area contributed by atoms with E-state index in [0.717, 1.165) is 30.1 Å². The lowest BCUT2D eigenvalue weighted by Crippen LogP contribution is -2.28. The van der Waals surface area contributed by atoms with Crippen LogP contribution < -0.4 is 9.64 Å². The van der Waals surface area contributed by atoms with Crippen molar-refractivity contribution in [3.05, 3.63) is 23.8 Å². The number of methoxy groups -OCH3 is 1. The van der Waals surface area contributed by atoms with Crippen molar-refractivity contribution in [1.29, 1.82) is 0 Å². The van der Waals surface area contributed by atoms with Crippen LogP contribution in [0.5, 0.6) is 5.75 Å². The Labute approximate surface area is 122 Å². The Morgan fingerprint density at radius 3 is 2.80 bits per heavy atom. The lowest BCUT2D eigenvalue weighted by atomic mass is 10.0. The summed E-state index contributed by atoms with van der Waals surface area (Å²) in [5.41, 5.74) is 1.94. The number of nitrogens with zero attached hydrogens (tertiary/aromatic N) is 2. The van der Waals surface area contributed by atoms with Crippen molar-refractivity contribution in [3.63, 3.8) is 0 Å². The fourth-order valence-electron chi connectivity index (χ4n) is 3.12. The van der Waals surface area contributed by atoms with E-state index in [1.165, 1.54) is 13.0 Å². The van der Waals surface area contributed by atoms with Crippen LogP contribution in [0.2, 0.25) is 0 Å². The summed E-state index contributed by atoms with van der Waals surface area (Å²) < 4.78 is 5.39. The van der Waals surface area contributed by atoms with Crippen molar-refractivity contribution in [3.8, 4) is 5.75 Å². The number of aliphatic hydroxyl groups is 1. The minimum absolute atomic E-state index is 0.533. The molecule has 112 valence electrons. The van der Waals surface area contributed by atoms with Gasteiger partial charge in [0.1, 0.15) is 5.75 Å². The molecule has 1 aliphatic rings. The van der Waals surface area contributed by atoms with Crippen molar-refractivity contribution in [2.75, 3.05) is 45.7 Å². The van der Waals surface area contributed by atoms with Crippen molar-refractivity contribution in [2.24, 2.45) is 5.92 Å². The molecule has 0 spiro atoms. The largest absolute Gasteiger partial charge is 0.496 e. The summed E-state index contributed by atoms with van der Waals surface area (Å²) in [7, 11) is 5.92. The van der Waals surface area contributed by atoms with E-state index in [-0.39, 0.29) is 0 Å². The zero-order valence-electron chi connectivity index (χ0n) is 13.0.